The van der Waals surface area contributed by atoms with Crippen molar-refractivity contribution in [3.63, 3.8) is 0 Å². The fourth-order valence-corrected chi connectivity index (χ4v) is 10.0. The Kier molecular flexibility index (Phi) is 18.8. The van der Waals surface area contributed by atoms with E-state index in [2.05, 4.69) is 6.92 Å². The summed E-state index contributed by atoms with van der Waals surface area (Å²) < 4.78 is 36.1. The maximum Gasteiger partial charge on any atom is 0.329 e. The van der Waals surface area contributed by atoms with E-state index in [9.17, 15) is 34.5 Å². The summed E-state index contributed by atoms with van der Waals surface area (Å²) >= 11 is 0. The van der Waals surface area contributed by atoms with Gasteiger partial charge in [-0.15, -0.1) is 0 Å². The van der Waals surface area contributed by atoms with E-state index in [0.717, 1.165) is 18.9 Å². The van der Waals surface area contributed by atoms with Crippen LogP contribution in [0.3, 0.4) is 0 Å². The first-order chi connectivity index (χ1) is 28.4. The maximum absolute atomic E-state index is 14.8. The van der Waals surface area contributed by atoms with Crippen LogP contribution in [0.15, 0.2) is 23.3 Å². The van der Waals surface area contributed by atoms with E-state index in [1.807, 2.05) is 32.9 Å². The van der Waals surface area contributed by atoms with Gasteiger partial charge in [0.25, 0.3) is 5.91 Å². The highest BCUT2D eigenvalue weighted by Crippen LogP contribution is 2.41. The van der Waals surface area contributed by atoms with E-state index in [-0.39, 0.29) is 49.5 Å². The first-order valence-corrected chi connectivity index (χ1v) is 22.3. The molecule has 3 heterocycles. The SMILES string of the molecule is CCCC1/C=C(\C)CC(C)CC(OC)C2OC(O)(C(C)CC2OC)C(OC(C)=O)C(=O)N2CCCCC2C(=O)OC(C(C)=CC2CCC(O)C(OC)C2)C(C)C(O)CC1=O. The second-order valence-corrected chi connectivity index (χ2v) is 18.3. The van der Waals surface area contributed by atoms with Crippen molar-refractivity contribution in [3.05, 3.63) is 23.3 Å². The van der Waals surface area contributed by atoms with Crippen LogP contribution in [0.2, 0.25) is 0 Å². The number of cyclic esters (lactones) is 1. The summed E-state index contributed by atoms with van der Waals surface area (Å²) in [6.07, 6.45) is 2.83. The molecule has 4 rings (SSSR count). The number of piperidine rings is 1. The van der Waals surface area contributed by atoms with Crippen molar-refractivity contribution in [2.45, 2.75) is 186 Å². The number of amides is 1. The van der Waals surface area contributed by atoms with Gasteiger partial charge in [0, 0.05) is 59.0 Å². The Morgan fingerprint density at radius 1 is 0.917 bits per heavy atom. The minimum atomic E-state index is -2.31. The van der Waals surface area contributed by atoms with Crippen molar-refractivity contribution in [3.8, 4) is 0 Å². The van der Waals surface area contributed by atoms with Crippen molar-refractivity contribution in [1.82, 2.24) is 4.90 Å². The zero-order valence-electron chi connectivity index (χ0n) is 37.8. The monoisotopic (exact) mass is 850 g/mol. The van der Waals surface area contributed by atoms with E-state index in [0.29, 0.717) is 56.9 Å². The van der Waals surface area contributed by atoms with Gasteiger partial charge in [0.05, 0.1) is 30.5 Å². The van der Waals surface area contributed by atoms with Gasteiger partial charge in [-0.05, 0) is 95.5 Å². The summed E-state index contributed by atoms with van der Waals surface area (Å²) in [6.45, 7) is 12.7. The van der Waals surface area contributed by atoms with Gasteiger partial charge in [-0.25, -0.2) is 4.79 Å². The number of aliphatic hydroxyl groups excluding tert-OH is 2. The molecule has 3 fully saturated rings. The number of aliphatic hydroxyl groups is 3. The average molecular weight is 850 g/mol. The molecule has 4 aliphatic rings. The lowest BCUT2D eigenvalue weighted by molar-refractivity contribution is -0.347. The predicted octanol–water partition coefficient (Wildman–Crippen LogP) is 5.23. The third kappa shape index (κ3) is 12.3. The van der Waals surface area contributed by atoms with Crippen LogP contribution in [-0.2, 0) is 47.6 Å². The number of ketones is 1. The highest BCUT2D eigenvalue weighted by Gasteiger charge is 2.58. The van der Waals surface area contributed by atoms with Gasteiger partial charge in [-0.2, -0.15) is 0 Å². The van der Waals surface area contributed by atoms with Gasteiger partial charge >= 0.3 is 11.9 Å². The van der Waals surface area contributed by atoms with Gasteiger partial charge in [0.1, 0.15) is 24.0 Å². The minimum absolute atomic E-state index is 0.00711. The summed E-state index contributed by atoms with van der Waals surface area (Å²) in [5.41, 5.74) is 1.67. The highest BCUT2D eigenvalue weighted by molar-refractivity contribution is 5.89. The molecule has 3 aliphatic heterocycles. The molecule has 60 heavy (non-hydrogen) atoms. The summed E-state index contributed by atoms with van der Waals surface area (Å²) in [7, 11) is 4.67. The number of hydrogen-bond donors (Lipinski definition) is 3. The predicted molar refractivity (Wildman–Crippen MR) is 223 cm³/mol. The number of Topliss-reactive ketones (excluding diaryl/α,β-unsaturated/α-hetero) is 1. The molecule has 2 bridgehead atoms. The van der Waals surface area contributed by atoms with Crippen LogP contribution in [-0.4, -0.2) is 132 Å². The average Bonchev–Trinajstić information content (AvgIpc) is 3.21. The summed E-state index contributed by atoms with van der Waals surface area (Å²) in [5, 5.41) is 34.8. The Balaban J connectivity index is 1.83. The zero-order chi connectivity index (χ0) is 44.5. The molecular formula is C46H75NO13. The second kappa shape index (κ2) is 22.6. The lowest BCUT2D eigenvalue weighted by Gasteiger charge is -2.50. The Hall–Kier alpha value is -2.72. The van der Waals surface area contributed by atoms with Crippen LogP contribution in [0, 0.1) is 29.6 Å². The number of carbonyl (C=O) groups excluding carboxylic acids is 4. The van der Waals surface area contributed by atoms with Gasteiger partial charge in [-0.1, -0.05) is 51.8 Å². The first kappa shape index (κ1) is 49.9. The molecule has 2 saturated heterocycles. The number of methoxy groups -OCH3 is 3. The van der Waals surface area contributed by atoms with Crippen LogP contribution in [0.25, 0.3) is 0 Å². The van der Waals surface area contributed by atoms with Crippen LogP contribution in [0.5, 0.6) is 0 Å². The smallest absolute Gasteiger partial charge is 0.329 e. The Morgan fingerprint density at radius 3 is 2.22 bits per heavy atom. The lowest BCUT2D eigenvalue weighted by atomic mass is 9.81. The van der Waals surface area contributed by atoms with Crippen LogP contribution in [0.1, 0.15) is 126 Å². The Labute approximate surface area is 357 Å². The molecular weight excluding hydrogens is 774 g/mol. The second-order valence-electron chi connectivity index (χ2n) is 18.3. The topological polar surface area (TPSA) is 188 Å². The number of hydrogen-bond acceptors (Lipinski definition) is 13. The van der Waals surface area contributed by atoms with Crippen molar-refractivity contribution >= 4 is 23.6 Å². The quantitative estimate of drug-likeness (QED) is 0.213. The third-order valence-corrected chi connectivity index (χ3v) is 13.5. The number of allylic oxidation sites excluding steroid dienone is 3. The molecule has 1 saturated carbocycles. The van der Waals surface area contributed by atoms with E-state index in [4.69, 9.17) is 28.4 Å². The molecule has 0 radical (unpaired) electrons. The molecule has 15 unspecified atom stereocenters. The summed E-state index contributed by atoms with van der Waals surface area (Å²) in [4.78, 5) is 57.4. The van der Waals surface area contributed by atoms with Crippen LogP contribution in [0.4, 0.5) is 0 Å². The number of carbonyl (C=O) groups is 4. The van der Waals surface area contributed by atoms with Crippen molar-refractivity contribution in [2.24, 2.45) is 29.6 Å². The number of fused-ring (bicyclic) bond motifs is 3. The van der Waals surface area contributed by atoms with Crippen molar-refractivity contribution < 1.29 is 62.9 Å². The van der Waals surface area contributed by atoms with Crippen LogP contribution >= 0.6 is 0 Å². The standard InChI is InChI=1S/C46H75NO13/c1-11-14-33-20-26(2)19-27(3)21-39(56-9)42-40(57-10)23-29(5)46(54,60-42)43(58-31(7)48)44(52)47-18-13-12-15-34(47)45(53)59-41(30(6)36(50)25-37(33)51)28(4)22-32-16-17-35(49)38(24-32)55-8/h20,22,27,29-30,32-36,38-43,49-50,54H,11-19,21,23-25H2,1-10H3/b26-20+,28-22?. The van der Waals surface area contributed by atoms with Gasteiger partial charge < -0.3 is 48.6 Å². The Bertz CT molecular complexity index is 1520. The highest BCUT2D eigenvalue weighted by atomic mass is 16.7. The molecule has 3 N–H and O–H groups in total. The molecule has 0 aromatic rings. The molecule has 1 amide bonds. The fraction of sp³-hybridized carbons (Fsp3) is 0.826. The molecule has 14 nitrogen and oxygen atoms in total. The largest absolute Gasteiger partial charge is 0.456 e. The Morgan fingerprint density at radius 2 is 1.58 bits per heavy atom. The molecule has 0 spiro atoms. The third-order valence-electron chi connectivity index (χ3n) is 13.5. The van der Waals surface area contributed by atoms with Gasteiger partial charge in [0.2, 0.25) is 11.9 Å². The number of esters is 2. The number of ether oxygens (including phenoxy) is 6. The molecule has 14 heteroatoms. The fourth-order valence-electron chi connectivity index (χ4n) is 10.0. The molecule has 1 aliphatic carbocycles. The first-order valence-electron chi connectivity index (χ1n) is 22.3. The van der Waals surface area contributed by atoms with Crippen molar-refractivity contribution in [2.75, 3.05) is 27.9 Å². The van der Waals surface area contributed by atoms with E-state index in [1.54, 1.807) is 35.2 Å². The van der Waals surface area contributed by atoms with Gasteiger partial charge in [0.15, 0.2) is 0 Å². The number of rotatable bonds is 8. The van der Waals surface area contributed by atoms with E-state index >= 15 is 0 Å². The maximum atomic E-state index is 14.8. The summed E-state index contributed by atoms with van der Waals surface area (Å²) in [5.74, 6) is -6.62. The molecule has 15 atom stereocenters. The lowest BCUT2D eigenvalue weighted by Crippen LogP contribution is -2.67. The number of nitrogens with zero attached hydrogens (tertiary/aromatic N) is 1. The van der Waals surface area contributed by atoms with Crippen LogP contribution < -0.4 is 0 Å². The normalized spacial score (nSPS) is 40.7. The van der Waals surface area contributed by atoms with E-state index < -0.39 is 90.2 Å². The zero-order valence-corrected chi connectivity index (χ0v) is 37.8. The molecule has 0 aromatic carbocycles. The van der Waals surface area contributed by atoms with Crippen molar-refractivity contribution in [1.29, 1.82) is 0 Å². The summed E-state index contributed by atoms with van der Waals surface area (Å²) in [6, 6.07) is -1.11. The van der Waals surface area contributed by atoms with E-state index in [1.165, 1.54) is 4.90 Å². The molecule has 0 aromatic heterocycles. The minimum Gasteiger partial charge on any atom is -0.456 e. The molecule has 342 valence electrons. The van der Waals surface area contributed by atoms with Gasteiger partial charge in [-0.3, -0.25) is 14.4 Å².